The summed E-state index contributed by atoms with van der Waals surface area (Å²) in [5.74, 6) is -2.01. The van der Waals surface area contributed by atoms with Crippen LogP contribution >= 0.6 is 7.60 Å². The summed E-state index contributed by atoms with van der Waals surface area (Å²) in [6, 6.07) is 0. The number of rotatable bonds is 10. The van der Waals surface area contributed by atoms with Crippen LogP contribution in [0.3, 0.4) is 0 Å². The van der Waals surface area contributed by atoms with Gasteiger partial charge >= 0.3 is 31.5 Å². The Balaban J connectivity index is 3.51. The van der Waals surface area contributed by atoms with E-state index in [9.17, 15) is 23.7 Å². The van der Waals surface area contributed by atoms with Crippen molar-refractivity contribution < 1.29 is 56.5 Å². The zero-order valence-corrected chi connectivity index (χ0v) is 21.4. The third kappa shape index (κ3) is 9.92. The smallest absolute Gasteiger partial charge is 0.354 e. The molecule has 0 aromatic rings. The van der Waals surface area contributed by atoms with Crippen molar-refractivity contribution in [1.29, 1.82) is 0 Å². The summed E-state index contributed by atoms with van der Waals surface area (Å²) in [5, 5.41) is 0. The fourth-order valence-corrected chi connectivity index (χ4v) is 4.84. The van der Waals surface area contributed by atoms with Crippen molar-refractivity contribution in [3.8, 4) is 0 Å². The molecule has 194 valence electrons. The fraction of sp³-hybridized carbons (Fsp3) is 0.714. The molecular formula is C21H33O12P. The highest BCUT2D eigenvalue weighted by atomic mass is 31.2. The first kappa shape index (κ1) is 29.8. The summed E-state index contributed by atoms with van der Waals surface area (Å²) in [7, 11) is -3.79. The molecule has 0 aliphatic carbocycles. The van der Waals surface area contributed by atoms with E-state index in [0.29, 0.717) is 0 Å². The van der Waals surface area contributed by atoms with Crippen LogP contribution in [0.1, 0.15) is 55.4 Å². The summed E-state index contributed by atoms with van der Waals surface area (Å²) in [4.78, 5) is 47.0. The molecular weight excluding hydrogens is 475 g/mol. The fourth-order valence-electron chi connectivity index (χ4n) is 3.09. The zero-order chi connectivity index (χ0) is 26.2. The molecule has 0 aromatic carbocycles. The van der Waals surface area contributed by atoms with Crippen LogP contribution in [-0.4, -0.2) is 66.8 Å². The molecule has 0 amide bonds. The van der Waals surface area contributed by atoms with Crippen LogP contribution in [0.2, 0.25) is 0 Å². The van der Waals surface area contributed by atoms with E-state index >= 15 is 0 Å². The van der Waals surface area contributed by atoms with Gasteiger partial charge in [-0.25, -0.2) is 0 Å². The second-order valence-corrected chi connectivity index (χ2v) is 9.79. The SMILES string of the molecule is CC(=O)OC1O[C@H](/C=C/P(=O)(OC(C)C)OC(C)C)[C@@H](OC(C)=O)[C@H](OC(C)=O)[C@@H]1OC(C)=O. The monoisotopic (exact) mass is 508 g/mol. The van der Waals surface area contributed by atoms with Crippen LogP contribution in [-0.2, 0) is 56.5 Å². The van der Waals surface area contributed by atoms with Crippen molar-refractivity contribution in [2.24, 2.45) is 0 Å². The van der Waals surface area contributed by atoms with Gasteiger partial charge in [-0.3, -0.25) is 23.7 Å². The van der Waals surface area contributed by atoms with E-state index in [1.807, 2.05) is 0 Å². The minimum Gasteiger partial charge on any atom is -0.455 e. The van der Waals surface area contributed by atoms with Crippen molar-refractivity contribution in [2.75, 3.05) is 0 Å². The minimum absolute atomic E-state index is 0.457. The lowest BCUT2D eigenvalue weighted by molar-refractivity contribution is -0.287. The number of hydrogen-bond donors (Lipinski definition) is 0. The van der Waals surface area contributed by atoms with Crippen molar-refractivity contribution in [1.82, 2.24) is 0 Å². The van der Waals surface area contributed by atoms with E-state index in [-0.39, 0.29) is 0 Å². The van der Waals surface area contributed by atoms with Crippen LogP contribution in [0.5, 0.6) is 0 Å². The van der Waals surface area contributed by atoms with E-state index in [1.165, 1.54) is 6.08 Å². The number of carbonyl (C=O) groups excluding carboxylic acids is 4. The maximum atomic E-state index is 13.2. The molecule has 0 aromatic heterocycles. The van der Waals surface area contributed by atoms with Gasteiger partial charge < -0.3 is 32.7 Å². The van der Waals surface area contributed by atoms with Gasteiger partial charge in [0.2, 0.25) is 12.4 Å². The average molecular weight is 508 g/mol. The lowest BCUT2D eigenvalue weighted by atomic mass is 9.98. The highest BCUT2D eigenvalue weighted by Crippen LogP contribution is 2.52. The minimum atomic E-state index is -3.79. The van der Waals surface area contributed by atoms with Crippen LogP contribution < -0.4 is 0 Å². The van der Waals surface area contributed by atoms with Crippen molar-refractivity contribution in [3.63, 3.8) is 0 Å². The van der Waals surface area contributed by atoms with Gasteiger partial charge in [-0.05, 0) is 33.8 Å². The molecule has 0 bridgehead atoms. The van der Waals surface area contributed by atoms with Gasteiger partial charge in [0.05, 0.1) is 12.2 Å². The molecule has 1 aliphatic rings. The number of hydrogen-bond acceptors (Lipinski definition) is 12. The highest BCUT2D eigenvalue weighted by Gasteiger charge is 2.52. The first-order valence-electron chi connectivity index (χ1n) is 10.6. The van der Waals surface area contributed by atoms with E-state index in [2.05, 4.69) is 0 Å². The van der Waals surface area contributed by atoms with Crippen molar-refractivity contribution in [2.45, 2.75) is 98.3 Å². The third-order valence-electron chi connectivity index (χ3n) is 3.89. The Kier molecular flexibility index (Phi) is 11.4. The quantitative estimate of drug-likeness (QED) is 0.242. The number of ether oxygens (including phenoxy) is 5. The maximum Gasteiger partial charge on any atom is 0.354 e. The largest absolute Gasteiger partial charge is 0.455 e. The molecule has 0 radical (unpaired) electrons. The Bertz CT molecular complexity index is 807. The average Bonchev–Trinajstić information content (AvgIpc) is 2.62. The first-order chi connectivity index (χ1) is 15.6. The molecule has 0 N–H and O–H groups in total. The highest BCUT2D eigenvalue weighted by molar-refractivity contribution is 7.57. The topological polar surface area (TPSA) is 150 Å². The zero-order valence-electron chi connectivity index (χ0n) is 20.5. The second kappa shape index (κ2) is 13.0. The maximum absolute atomic E-state index is 13.2. The summed E-state index contributed by atoms with van der Waals surface area (Å²) in [6.07, 6.45) is -6.72. The molecule has 1 saturated heterocycles. The summed E-state index contributed by atoms with van der Waals surface area (Å²) < 4.78 is 50.8. The Labute approximate surface area is 198 Å². The van der Waals surface area contributed by atoms with Crippen molar-refractivity contribution in [3.05, 3.63) is 11.9 Å². The molecule has 13 heteroatoms. The number of carbonyl (C=O) groups is 4. The Morgan fingerprint density at radius 2 is 1.12 bits per heavy atom. The van der Waals surface area contributed by atoms with Gasteiger partial charge in [0.25, 0.3) is 0 Å². The predicted octanol–water partition coefficient (Wildman–Crippen LogP) is 2.63. The Morgan fingerprint density at radius 1 is 0.706 bits per heavy atom. The number of esters is 4. The molecule has 1 fully saturated rings. The van der Waals surface area contributed by atoms with Crippen LogP contribution in [0.4, 0.5) is 0 Å². The molecule has 12 nitrogen and oxygen atoms in total. The van der Waals surface area contributed by atoms with Gasteiger partial charge in [0.15, 0.2) is 12.2 Å². The van der Waals surface area contributed by atoms with Crippen LogP contribution in [0.25, 0.3) is 0 Å². The molecule has 1 heterocycles. The van der Waals surface area contributed by atoms with Crippen LogP contribution in [0.15, 0.2) is 11.9 Å². The first-order valence-corrected chi connectivity index (χ1v) is 12.2. The van der Waals surface area contributed by atoms with Crippen LogP contribution in [0, 0.1) is 0 Å². The third-order valence-corrected chi connectivity index (χ3v) is 5.86. The summed E-state index contributed by atoms with van der Waals surface area (Å²) in [6.45, 7) is 11.1. The van der Waals surface area contributed by atoms with Gasteiger partial charge in [0, 0.05) is 33.5 Å². The normalized spacial score (nSPS) is 25.3. The van der Waals surface area contributed by atoms with Crippen molar-refractivity contribution >= 4 is 31.5 Å². The predicted molar refractivity (Wildman–Crippen MR) is 116 cm³/mol. The standard InChI is InChI=1S/C21H33O12P/c1-11(2)32-34(26,33-12(3)4)10-9-17-18(27-13(5)22)19(28-14(6)23)20(29-15(7)24)21(31-17)30-16(8)25/h9-12,17-21H,1-8H3/b10-9+/t17-,18-,19+,20+,21?/m1/s1. The van der Waals surface area contributed by atoms with E-state index < -0.39 is 74.4 Å². The summed E-state index contributed by atoms with van der Waals surface area (Å²) >= 11 is 0. The lowest BCUT2D eigenvalue weighted by Gasteiger charge is -2.43. The van der Waals surface area contributed by atoms with E-state index in [0.717, 1.165) is 33.5 Å². The molecule has 0 spiro atoms. The Morgan fingerprint density at radius 3 is 1.53 bits per heavy atom. The molecule has 1 aliphatic heterocycles. The molecule has 1 rings (SSSR count). The Hall–Kier alpha value is -2.27. The van der Waals surface area contributed by atoms with Gasteiger partial charge in [-0.1, -0.05) is 0 Å². The second-order valence-electron chi connectivity index (χ2n) is 7.99. The lowest BCUT2D eigenvalue weighted by Crippen LogP contribution is -2.61. The molecule has 5 atom stereocenters. The molecule has 1 unspecified atom stereocenters. The van der Waals surface area contributed by atoms with Gasteiger partial charge in [-0.15, -0.1) is 0 Å². The molecule has 0 saturated carbocycles. The van der Waals surface area contributed by atoms with E-state index in [1.54, 1.807) is 27.7 Å². The van der Waals surface area contributed by atoms with Gasteiger partial charge in [0.1, 0.15) is 6.10 Å². The molecule has 34 heavy (non-hydrogen) atoms. The summed E-state index contributed by atoms with van der Waals surface area (Å²) in [5.41, 5.74) is 0. The van der Waals surface area contributed by atoms with Gasteiger partial charge in [-0.2, -0.15) is 0 Å². The van der Waals surface area contributed by atoms with E-state index in [4.69, 9.17) is 32.7 Å².